The van der Waals surface area contributed by atoms with E-state index in [0.717, 1.165) is 31.6 Å². The molecule has 1 aromatic carbocycles. The van der Waals surface area contributed by atoms with Gasteiger partial charge in [0.2, 0.25) is 0 Å². The van der Waals surface area contributed by atoms with Crippen molar-refractivity contribution in [2.24, 2.45) is 11.7 Å². The van der Waals surface area contributed by atoms with Crippen molar-refractivity contribution in [3.8, 4) is 0 Å². The Labute approximate surface area is 108 Å². The van der Waals surface area contributed by atoms with E-state index in [1.165, 1.54) is 5.56 Å². The number of hydrogen-bond donors (Lipinski definition) is 2. The summed E-state index contributed by atoms with van der Waals surface area (Å²) in [6.45, 7) is 3.14. The molecule has 0 saturated carbocycles. The van der Waals surface area contributed by atoms with Gasteiger partial charge in [0.1, 0.15) is 5.82 Å². The van der Waals surface area contributed by atoms with Crippen LogP contribution in [0.3, 0.4) is 0 Å². The lowest BCUT2D eigenvalue weighted by molar-refractivity contribution is 0.502. The highest BCUT2D eigenvalue weighted by Gasteiger charge is 2.16. The fourth-order valence-electron chi connectivity index (χ4n) is 2.56. The van der Waals surface area contributed by atoms with Crippen molar-refractivity contribution in [3.63, 3.8) is 0 Å². The Hall–Kier alpha value is -1.51. The van der Waals surface area contributed by atoms with Crippen LogP contribution in [0.2, 0.25) is 0 Å². The predicted octanol–water partition coefficient (Wildman–Crippen LogP) is 3.12. The van der Waals surface area contributed by atoms with Gasteiger partial charge in [0, 0.05) is 6.54 Å². The lowest BCUT2D eigenvalue weighted by Gasteiger charge is -2.17. The third kappa shape index (κ3) is 3.25. The first-order valence-corrected chi connectivity index (χ1v) is 6.65. The fraction of sp³-hybridized carbons (Fsp3) is 0.467. The van der Waals surface area contributed by atoms with Gasteiger partial charge in [-0.25, -0.2) is 4.39 Å². The zero-order valence-electron chi connectivity index (χ0n) is 10.8. The van der Waals surface area contributed by atoms with Crippen molar-refractivity contribution in [2.45, 2.75) is 32.1 Å². The molecule has 18 heavy (non-hydrogen) atoms. The lowest BCUT2D eigenvalue weighted by Crippen LogP contribution is -2.16. The second-order valence-electron chi connectivity index (χ2n) is 5.00. The zero-order valence-corrected chi connectivity index (χ0v) is 10.8. The molecule has 0 bridgehead atoms. The van der Waals surface area contributed by atoms with Crippen LogP contribution >= 0.6 is 0 Å². The molecule has 2 atom stereocenters. The topological polar surface area (TPSA) is 38.0 Å². The van der Waals surface area contributed by atoms with Crippen LogP contribution in [0.25, 0.3) is 0 Å². The molecule has 1 aliphatic heterocycles. The summed E-state index contributed by atoms with van der Waals surface area (Å²) in [5, 5.41) is 3.15. The first-order valence-electron chi connectivity index (χ1n) is 6.65. The smallest absolute Gasteiger partial charge is 0.123 e. The van der Waals surface area contributed by atoms with Gasteiger partial charge in [0.15, 0.2) is 0 Å². The maximum absolute atomic E-state index is 12.9. The third-order valence-corrected chi connectivity index (χ3v) is 3.70. The van der Waals surface area contributed by atoms with Crippen LogP contribution in [-0.4, -0.2) is 6.54 Å². The molecule has 3 heteroatoms. The molecule has 0 saturated heterocycles. The highest BCUT2D eigenvalue weighted by atomic mass is 19.1. The number of nitrogens with one attached hydrogen (secondary N) is 1. The van der Waals surface area contributed by atoms with Crippen LogP contribution in [0.1, 0.15) is 37.7 Å². The molecule has 0 unspecified atom stereocenters. The minimum atomic E-state index is -0.163. The molecule has 98 valence electrons. The Morgan fingerprint density at radius 3 is 2.67 bits per heavy atom. The van der Waals surface area contributed by atoms with Crippen molar-refractivity contribution < 1.29 is 4.39 Å². The Morgan fingerprint density at radius 1 is 1.39 bits per heavy atom. The van der Waals surface area contributed by atoms with Crippen molar-refractivity contribution in [3.05, 3.63) is 47.5 Å². The van der Waals surface area contributed by atoms with Gasteiger partial charge in [-0.3, -0.25) is 0 Å². The summed E-state index contributed by atoms with van der Waals surface area (Å²) in [4.78, 5) is 0. The van der Waals surface area contributed by atoms with Crippen LogP contribution in [0, 0.1) is 11.7 Å². The van der Waals surface area contributed by atoms with Gasteiger partial charge in [-0.2, -0.15) is 0 Å². The summed E-state index contributed by atoms with van der Waals surface area (Å²) in [6.07, 6.45) is 5.45. The van der Waals surface area contributed by atoms with Gasteiger partial charge in [0.05, 0.1) is 5.82 Å². The highest BCUT2D eigenvalue weighted by Crippen LogP contribution is 2.27. The maximum atomic E-state index is 12.9. The first-order chi connectivity index (χ1) is 8.69. The summed E-state index contributed by atoms with van der Waals surface area (Å²) in [7, 11) is 0. The lowest BCUT2D eigenvalue weighted by atomic mass is 9.89. The molecule has 0 fully saturated rings. The molecule has 3 N–H and O–H groups in total. The second kappa shape index (κ2) is 5.89. The van der Waals surface area contributed by atoms with E-state index < -0.39 is 0 Å². The number of benzene rings is 1. The number of halogens is 1. The maximum Gasteiger partial charge on any atom is 0.123 e. The molecular formula is C15H21FN2. The molecule has 1 aromatic rings. The molecule has 2 rings (SSSR count). The Bertz CT molecular complexity index is 411. The fourth-order valence-corrected chi connectivity index (χ4v) is 2.56. The van der Waals surface area contributed by atoms with E-state index in [1.807, 2.05) is 12.1 Å². The molecule has 0 spiro atoms. The molecule has 0 aliphatic carbocycles. The van der Waals surface area contributed by atoms with E-state index in [9.17, 15) is 4.39 Å². The van der Waals surface area contributed by atoms with Crippen LogP contribution in [0.15, 0.2) is 36.2 Å². The van der Waals surface area contributed by atoms with E-state index in [0.29, 0.717) is 11.8 Å². The molecule has 0 radical (unpaired) electrons. The molecular weight excluding hydrogens is 227 g/mol. The van der Waals surface area contributed by atoms with Crippen molar-refractivity contribution >= 4 is 0 Å². The van der Waals surface area contributed by atoms with Gasteiger partial charge in [0.25, 0.3) is 0 Å². The second-order valence-corrected chi connectivity index (χ2v) is 5.00. The predicted molar refractivity (Wildman–Crippen MR) is 72.4 cm³/mol. The average molecular weight is 248 g/mol. The molecule has 0 amide bonds. The molecule has 2 nitrogen and oxygen atoms in total. The largest absolute Gasteiger partial charge is 0.386 e. The summed E-state index contributed by atoms with van der Waals surface area (Å²) >= 11 is 0. The van der Waals surface area contributed by atoms with Crippen LogP contribution in [0.5, 0.6) is 0 Å². The van der Waals surface area contributed by atoms with Crippen molar-refractivity contribution in [1.29, 1.82) is 0 Å². The van der Waals surface area contributed by atoms with E-state index in [2.05, 4.69) is 18.3 Å². The molecule has 1 heterocycles. The van der Waals surface area contributed by atoms with Gasteiger partial charge in [-0.05, 0) is 54.9 Å². The van der Waals surface area contributed by atoms with Gasteiger partial charge in [-0.1, -0.05) is 19.1 Å². The summed E-state index contributed by atoms with van der Waals surface area (Å²) in [5.74, 6) is 1.69. The Balaban J connectivity index is 1.91. The summed E-state index contributed by atoms with van der Waals surface area (Å²) < 4.78 is 12.9. The van der Waals surface area contributed by atoms with Crippen molar-refractivity contribution in [1.82, 2.24) is 5.32 Å². The summed E-state index contributed by atoms with van der Waals surface area (Å²) in [5.41, 5.74) is 6.94. The number of hydrogen-bond acceptors (Lipinski definition) is 2. The van der Waals surface area contributed by atoms with Crippen LogP contribution < -0.4 is 11.1 Å². The van der Waals surface area contributed by atoms with Gasteiger partial charge in [-0.15, -0.1) is 0 Å². The standard InChI is InChI=1S/C15H21FN2/c1-2-12(13-5-7-14(16)8-6-13)4-3-11-9-15(17)18-10-11/h5-9,11-12,18H,2-4,10,17H2,1H3/t11-,12+/m0/s1. The average Bonchev–Trinajstić information content (AvgIpc) is 2.78. The van der Waals surface area contributed by atoms with Crippen LogP contribution in [-0.2, 0) is 0 Å². The van der Waals surface area contributed by atoms with Crippen molar-refractivity contribution in [2.75, 3.05) is 6.54 Å². The Morgan fingerprint density at radius 2 is 2.11 bits per heavy atom. The number of rotatable bonds is 5. The van der Waals surface area contributed by atoms with Crippen LogP contribution in [0.4, 0.5) is 4.39 Å². The first kappa shape index (κ1) is 12.9. The quantitative estimate of drug-likeness (QED) is 0.840. The van der Waals surface area contributed by atoms with Gasteiger partial charge < -0.3 is 11.1 Å². The zero-order chi connectivity index (χ0) is 13.0. The third-order valence-electron chi connectivity index (χ3n) is 3.70. The Kier molecular flexibility index (Phi) is 4.24. The van der Waals surface area contributed by atoms with E-state index in [-0.39, 0.29) is 5.82 Å². The highest BCUT2D eigenvalue weighted by molar-refractivity contribution is 5.20. The van der Waals surface area contributed by atoms with Gasteiger partial charge >= 0.3 is 0 Å². The monoisotopic (exact) mass is 248 g/mol. The number of nitrogens with two attached hydrogens (primary N) is 1. The van der Waals surface area contributed by atoms with E-state index in [4.69, 9.17) is 5.73 Å². The van der Waals surface area contributed by atoms with E-state index in [1.54, 1.807) is 12.1 Å². The summed E-state index contributed by atoms with van der Waals surface area (Å²) in [6, 6.07) is 6.90. The normalized spacial score (nSPS) is 20.3. The molecule has 1 aliphatic rings. The molecule has 0 aromatic heterocycles. The minimum Gasteiger partial charge on any atom is -0.386 e. The minimum absolute atomic E-state index is 0.163. The van der Waals surface area contributed by atoms with E-state index >= 15 is 0 Å². The SMILES string of the molecule is CC[C@H](CC[C@H]1C=C(N)NC1)c1ccc(F)cc1.